The van der Waals surface area contributed by atoms with E-state index in [2.05, 4.69) is 25.9 Å². The molecule has 0 saturated carbocycles. The molecule has 0 bridgehead atoms. The van der Waals surface area contributed by atoms with Gasteiger partial charge in [0.15, 0.2) is 0 Å². The molecular weight excluding hydrogens is 268 g/mol. The molecule has 0 aliphatic rings. The molecule has 0 spiro atoms. The Morgan fingerprint density at radius 1 is 1.19 bits per heavy atom. The molecular formula is C14H18N6O. The average Bonchev–Trinajstić information content (AvgIpc) is 2.45. The number of urea groups is 1. The molecule has 0 radical (unpaired) electrons. The van der Waals surface area contributed by atoms with Crippen molar-refractivity contribution in [3.8, 4) is 0 Å². The Hall–Kier alpha value is -2.67. The van der Waals surface area contributed by atoms with Gasteiger partial charge >= 0.3 is 6.03 Å². The molecule has 110 valence electrons. The van der Waals surface area contributed by atoms with Crippen LogP contribution in [0.1, 0.15) is 5.69 Å². The first kappa shape index (κ1) is 14.7. The Labute approximate surface area is 123 Å². The molecule has 7 nitrogen and oxygen atoms in total. The number of amides is 2. The maximum Gasteiger partial charge on any atom is 0.326 e. The molecule has 21 heavy (non-hydrogen) atoms. The van der Waals surface area contributed by atoms with E-state index in [-0.39, 0.29) is 5.95 Å². The van der Waals surface area contributed by atoms with E-state index in [1.165, 1.54) is 0 Å². The fraction of sp³-hybridized carbons (Fsp3) is 0.214. The van der Waals surface area contributed by atoms with Crippen LogP contribution in [0.3, 0.4) is 0 Å². The van der Waals surface area contributed by atoms with Gasteiger partial charge in [0.2, 0.25) is 5.95 Å². The molecule has 7 heteroatoms. The van der Waals surface area contributed by atoms with Crippen molar-refractivity contribution in [2.75, 3.05) is 29.0 Å². The van der Waals surface area contributed by atoms with Crippen LogP contribution in [0.5, 0.6) is 0 Å². The summed E-state index contributed by atoms with van der Waals surface area (Å²) in [4.78, 5) is 20.2. The fourth-order valence-corrected chi connectivity index (χ4v) is 1.70. The second kappa shape index (κ2) is 7.20. The predicted molar refractivity (Wildman–Crippen MR) is 83.4 cm³/mol. The number of para-hydroxylation sites is 1. The van der Waals surface area contributed by atoms with E-state index in [0.29, 0.717) is 24.6 Å². The number of benzene rings is 1. The van der Waals surface area contributed by atoms with Crippen LogP contribution in [-0.2, 0) is 0 Å². The number of nitrogens with one attached hydrogen (secondary N) is 3. The largest absolute Gasteiger partial charge is 0.369 e. The molecule has 2 aromatic rings. The topological polar surface area (TPSA) is 105 Å². The molecule has 2 rings (SSSR count). The zero-order valence-corrected chi connectivity index (χ0v) is 11.8. The van der Waals surface area contributed by atoms with Crippen molar-refractivity contribution in [1.82, 2.24) is 9.97 Å². The summed E-state index contributed by atoms with van der Waals surface area (Å²) in [6, 6.07) is 10.5. The molecule has 0 atom stereocenters. The molecule has 0 aliphatic carbocycles. The first-order valence-corrected chi connectivity index (χ1v) is 6.60. The fourth-order valence-electron chi connectivity index (χ4n) is 1.70. The lowest BCUT2D eigenvalue weighted by atomic mass is 10.3. The van der Waals surface area contributed by atoms with E-state index in [1.807, 2.05) is 25.1 Å². The Balaban J connectivity index is 2.01. The van der Waals surface area contributed by atoms with Gasteiger partial charge in [0.1, 0.15) is 5.82 Å². The van der Waals surface area contributed by atoms with Gasteiger partial charge in [-0.15, -0.1) is 0 Å². The number of hydrogen-bond donors (Lipinski definition) is 4. The van der Waals surface area contributed by atoms with Gasteiger partial charge in [-0.3, -0.25) is 5.32 Å². The van der Waals surface area contributed by atoms with Crippen molar-refractivity contribution in [3.63, 3.8) is 0 Å². The summed E-state index contributed by atoms with van der Waals surface area (Å²) in [6.07, 6.45) is 0. The van der Waals surface area contributed by atoms with Crippen molar-refractivity contribution < 1.29 is 4.79 Å². The standard InChI is InChI=1S/C14H18N6O/c1-10-9-12(16-8-7-15)19-13(17-10)20-14(21)18-11-5-3-2-4-6-11/h2-6,9H,7-8,15H2,1H3,(H3,16,17,18,19,20,21). The van der Waals surface area contributed by atoms with Crippen molar-refractivity contribution in [1.29, 1.82) is 0 Å². The van der Waals surface area contributed by atoms with E-state index < -0.39 is 6.03 Å². The predicted octanol–water partition coefficient (Wildman–Crippen LogP) is 1.80. The highest BCUT2D eigenvalue weighted by Gasteiger charge is 2.06. The first-order chi connectivity index (χ1) is 10.2. The number of nitrogens with two attached hydrogens (primary N) is 1. The maximum atomic E-state index is 11.9. The summed E-state index contributed by atoms with van der Waals surface area (Å²) >= 11 is 0. The molecule has 5 N–H and O–H groups in total. The number of carbonyl (C=O) groups is 1. The van der Waals surface area contributed by atoms with E-state index in [9.17, 15) is 4.79 Å². The quantitative estimate of drug-likeness (QED) is 0.671. The summed E-state index contributed by atoms with van der Waals surface area (Å²) in [6.45, 7) is 2.93. The SMILES string of the molecule is Cc1cc(NCCN)nc(NC(=O)Nc2ccccc2)n1. The zero-order valence-electron chi connectivity index (χ0n) is 11.8. The number of hydrogen-bond acceptors (Lipinski definition) is 5. The number of carbonyl (C=O) groups excluding carboxylic acids is 1. The van der Waals surface area contributed by atoms with Gasteiger partial charge in [0.05, 0.1) is 0 Å². The van der Waals surface area contributed by atoms with Gasteiger partial charge in [-0.2, -0.15) is 4.98 Å². The monoisotopic (exact) mass is 286 g/mol. The Bertz CT molecular complexity index is 602. The van der Waals surface area contributed by atoms with Gasteiger partial charge < -0.3 is 16.4 Å². The number of aromatic nitrogens is 2. The second-order valence-corrected chi connectivity index (χ2v) is 4.38. The van der Waals surface area contributed by atoms with Crippen LogP contribution in [0.4, 0.5) is 22.2 Å². The van der Waals surface area contributed by atoms with Gasteiger partial charge in [-0.25, -0.2) is 9.78 Å². The van der Waals surface area contributed by atoms with E-state index in [0.717, 1.165) is 5.69 Å². The zero-order chi connectivity index (χ0) is 15.1. The smallest absolute Gasteiger partial charge is 0.326 e. The van der Waals surface area contributed by atoms with Gasteiger partial charge in [-0.05, 0) is 19.1 Å². The third-order valence-corrected chi connectivity index (χ3v) is 2.56. The van der Waals surface area contributed by atoms with E-state index in [4.69, 9.17) is 5.73 Å². The highest BCUT2D eigenvalue weighted by molar-refractivity contribution is 5.98. The van der Waals surface area contributed by atoms with Crippen LogP contribution in [-0.4, -0.2) is 29.1 Å². The minimum Gasteiger partial charge on any atom is -0.369 e. The van der Waals surface area contributed by atoms with Gasteiger partial charge in [-0.1, -0.05) is 18.2 Å². The highest BCUT2D eigenvalue weighted by atomic mass is 16.2. The number of aryl methyl sites for hydroxylation is 1. The summed E-state index contributed by atoms with van der Waals surface area (Å²) in [5.74, 6) is 0.867. The molecule has 0 aliphatic heterocycles. The van der Waals surface area contributed by atoms with Crippen LogP contribution in [0.15, 0.2) is 36.4 Å². The molecule has 0 fully saturated rings. The van der Waals surface area contributed by atoms with Crippen molar-refractivity contribution >= 4 is 23.5 Å². The second-order valence-electron chi connectivity index (χ2n) is 4.38. The lowest BCUT2D eigenvalue weighted by Gasteiger charge is -2.09. The highest BCUT2D eigenvalue weighted by Crippen LogP contribution is 2.10. The average molecular weight is 286 g/mol. The number of nitrogens with zero attached hydrogens (tertiary/aromatic N) is 2. The number of rotatable bonds is 5. The normalized spacial score (nSPS) is 10.0. The van der Waals surface area contributed by atoms with Crippen LogP contribution in [0.2, 0.25) is 0 Å². The summed E-state index contributed by atoms with van der Waals surface area (Å²) in [5.41, 5.74) is 6.88. The first-order valence-electron chi connectivity index (χ1n) is 6.60. The third-order valence-electron chi connectivity index (χ3n) is 2.56. The molecule has 1 aromatic heterocycles. The maximum absolute atomic E-state index is 11.9. The molecule has 1 heterocycles. The third kappa shape index (κ3) is 4.73. The summed E-state index contributed by atoms with van der Waals surface area (Å²) < 4.78 is 0. The Morgan fingerprint density at radius 2 is 1.95 bits per heavy atom. The summed E-state index contributed by atoms with van der Waals surface area (Å²) in [5, 5.41) is 8.36. The van der Waals surface area contributed by atoms with E-state index in [1.54, 1.807) is 18.2 Å². The van der Waals surface area contributed by atoms with Crippen LogP contribution >= 0.6 is 0 Å². The molecule has 0 unspecified atom stereocenters. The van der Waals surface area contributed by atoms with Crippen LogP contribution in [0, 0.1) is 6.92 Å². The van der Waals surface area contributed by atoms with Gasteiger partial charge in [0.25, 0.3) is 0 Å². The van der Waals surface area contributed by atoms with E-state index >= 15 is 0 Å². The van der Waals surface area contributed by atoms with Crippen molar-refractivity contribution in [2.45, 2.75) is 6.92 Å². The summed E-state index contributed by atoms with van der Waals surface area (Å²) in [7, 11) is 0. The van der Waals surface area contributed by atoms with Crippen LogP contribution < -0.4 is 21.7 Å². The van der Waals surface area contributed by atoms with Gasteiger partial charge in [0, 0.05) is 30.5 Å². The Kier molecular flexibility index (Phi) is 5.05. The number of anilines is 3. The molecule has 0 saturated heterocycles. The molecule has 2 amide bonds. The lowest BCUT2D eigenvalue weighted by Crippen LogP contribution is -2.21. The minimum atomic E-state index is -0.392. The van der Waals surface area contributed by atoms with Crippen molar-refractivity contribution in [2.24, 2.45) is 5.73 Å². The molecule has 1 aromatic carbocycles. The minimum absolute atomic E-state index is 0.239. The van der Waals surface area contributed by atoms with Crippen LogP contribution in [0.25, 0.3) is 0 Å². The Morgan fingerprint density at radius 3 is 2.67 bits per heavy atom. The lowest BCUT2D eigenvalue weighted by molar-refractivity contribution is 0.262. The van der Waals surface area contributed by atoms with Crippen molar-refractivity contribution in [3.05, 3.63) is 42.1 Å².